The van der Waals surface area contributed by atoms with E-state index < -0.39 is 26.5 Å². The lowest BCUT2D eigenvalue weighted by Crippen LogP contribution is -2.37. The predicted molar refractivity (Wildman–Crippen MR) is 352 cm³/mol. The third-order valence-electron chi connectivity index (χ3n) is 16.8. The summed E-state index contributed by atoms with van der Waals surface area (Å²) in [7, 11) is 1.19. The minimum atomic E-state index is -4.64. The second kappa shape index (κ2) is 64.2. The zero-order valence-electron chi connectivity index (χ0n) is 55.7. The van der Waals surface area contributed by atoms with Crippen molar-refractivity contribution in [1.29, 1.82) is 0 Å². The predicted octanol–water partition coefficient (Wildman–Crippen LogP) is 22.9. The minimum Gasteiger partial charge on any atom is -0.756 e. The maximum absolute atomic E-state index is 12.9. The molecule has 0 aromatic heterocycles. The van der Waals surface area contributed by atoms with Gasteiger partial charge in [-0.1, -0.05) is 347 Å². The van der Waals surface area contributed by atoms with Crippen molar-refractivity contribution < 1.29 is 42.1 Å². The Bertz CT molecular complexity index is 1390. The Kier molecular flexibility index (Phi) is 63.3. The molecule has 0 aliphatic carbocycles. The second-order valence-corrected chi connectivity index (χ2v) is 27.7. The second-order valence-electron chi connectivity index (χ2n) is 26.3. The SMILES string of the molecule is CCCCCCCCCC/C=C\CCCCCCCCCCCCCCCCCCCCCC(=O)OC(COC(=O)CCCCCCCCCCCCCCCCCCCCCCCCCCCCC)COP(=O)([O-])OCC[N+](C)(C)C. The molecule has 0 spiro atoms. The fourth-order valence-electron chi connectivity index (χ4n) is 11.2. The summed E-state index contributed by atoms with van der Waals surface area (Å²) in [5.74, 6) is -0.805. The van der Waals surface area contributed by atoms with Crippen LogP contribution in [0, 0.1) is 0 Å². The molecule has 2 unspecified atom stereocenters. The largest absolute Gasteiger partial charge is 0.756 e. The molecule has 2 atom stereocenters. The van der Waals surface area contributed by atoms with Crippen LogP contribution in [0.4, 0.5) is 0 Å². The monoisotopic (exact) mass is 1180 g/mol. The van der Waals surface area contributed by atoms with Crippen LogP contribution in [0.1, 0.15) is 386 Å². The smallest absolute Gasteiger partial charge is 0.306 e. The average molecular weight is 1180 g/mol. The molecule has 0 rings (SSSR count). The third-order valence-corrected chi connectivity index (χ3v) is 17.7. The van der Waals surface area contributed by atoms with Crippen LogP contribution in [-0.4, -0.2) is 70.0 Å². The molecule has 0 aliphatic rings. The highest BCUT2D eigenvalue weighted by atomic mass is 31.2. The normalized spacial score (nSPS) is 13.1. The van der Waals surface area contributed by atoms with Gasteiger partial charge in [0.15, 0.2) is 6.10 Å². The number of nitrogens with zero attached hydrogens (tertiary/aromatic N) is 1. The van der Waals surface area contributed by atoms with Gasteiger partial charge in [0, 0.05) is 12.8 Å². The van der Waals surface area contributed by atoms with Gasteiger partial charge in [0.05, 0.1) is 27.7 Å². The van der Waals surface area contributed by atoms with E-state index in [1.54, 1.807) is 0 Å². The molecular weight excluding hydrogens is 1040 g/mol. The van der Waals surface area contributed by atoms with Crippen LogP contribution in [0.5, 0.6) is 0 Å². The van der Waals surface area contributed by atoms with Crippen LogP contribution in [0.15, 0.2) is 12.2 Å². The Balaban J connectivity index is 3.96. The highest BCUT2D eigenvalue weighted by Gasteiger charge is 2.22. The maximum Gasteiger partial charge on any atom is 0.306 e. The molecule has 0 N–H and O–H groups in total. The number of likely N-dealkylation sites (N-methyl/N-ethyl adjacent to an activating group) is 1. The van der Waals surface area contributed by atoms with Crippen molar-refractivity contribution in [2.75, 3.05) is 47.5 Å². The van der Waals surface area contributed by atoms with Gasteiger partial charge in [0.25, 0.3) is 7.82 Å². The third kappa shape index (κ3) is 67.9. The number of ether oxygens (including phenoxy) is 2. The summed E-state index contributed by atoms with van der Waals surface area (Å²) in [6, 6.07) is 0. The fourth-order valence-corrected chi connectivity index (χ4v) is 11.9. The Morgan fingerprint density at radius 2 is 0.622 bits per heavy atom. The highest BCUT2D eigenvalue weighted by Crippen LogP contribution is 2.38. The number of carbonyl (C=O) groups is 2. The lowest BCUT2D eigenvalue weighted by Gasteiger charge is -2.28. The van der Waals surface area contributed by atoms with E-state index in [-0.39, 0.29) is 32.0 Å². The van der Waals surface area contributed by atoms with Crippen molar-refractivity contribution in [2.24, 2.45) is 0 Å². The van der Waals surface area contributed by atoms with Crippen molar-refractivity contribution in [1.82, 2.24) is 0 Å². The molecule has 0 amide bonds. The first kappa shape index (κ1) is 80.8. The van der Waals surface area contributed by atoms with E-state index in [1.807, 2.05) is 21.1 Å². The number of carbonyl (C=O) groups excluding carboxylic acids is 2. The van der Waals surface area contributed by atoms with E-state index in [4.69, 9.17) is 18.5 Å². The van der Waals surface area contributed by atoms with Crippen LogP contribution in [0.2, 0.25) is 0 Å². The number of hydrogen-bond acceptors (Lipinski definition) is 8. The molecule has 0 bridgehead atoms. The van der Waals surface area contributed by atoms with E-state index in [2.05, 4.69) is 26.0 Å². The van der Waals surface area contributed by atoms with Gasteiger partial charge >= 0.3 is 11.9 Å². The van der Waals surface area contributed by atoms with Crippen LogP contribution in [-0.2, 0) is 32.7 Å². The Labute approximate surface area is 511 Å². The number of rotatable bonds is 69. The molecular formula is C72H142NO8P. The van der Waals surface area contributed by atoms with Gasteiger partial charge in [-0.3, -0.25) is 14.2 Å². The summed E-state index contributed by atoms with van der Waals surface area (Å²) < 4.78 is 34.4. The van der Waals surface area contributed by atoms with Gasteiger partial charge in [0.2, 0.25) is 0 Å². The number of allylic oxidation sites excluding steroid dienone is 2. The standard InChI is InChI=1S/C72H142NO8P/c1-6-8-10-12-14-16-18-20-22-24-26-28-30-32-34-35-36-37-39-41-43-45-47-49-51-53-55-57-59-61-63-65-72(75)81-70(69-80-82(76,77)79-67-66-73(3,4)5)68-78-71(74)64-62-60-58-56-54-52-50-48-46-44-42-40-38-33-31-29-27-25-23-21-19-17-15-13-11-9-7-2/h24,26,70H,6-23,25,27-69H2,1-5H3/b26-24-. The molecule has 9 nitrogen and oxygen atoms in total. The van der Waals surface area contributed by atoms with Crippen molar-refractivity contribution in [3.63, 3.8) is 0 Å². The summed E-state index contributed by atoms with van der Waals surface area (Å²) in [4.78, 5) is 38.1. The Hall–Kier alpha value is -1.25. The summed E-state index contributed by atoms with van der Waals surface area (Å²) in [5.41, 5.74) is 0. The summed E-state index contributed by atoms with van der Waals surface area (Å²) in [6.07, 6.45) is 78.8. The topological polar surface area (TPSA) is 111 Å². The molecule has 0 heterocycles. The van der Waals surface area contributed by atoms with Crippen LogP contribution in [0.25, 0.3) is 0 Å². The highest BCUT2D eigenvalue weighted by molar-refractivity contribution is 7.45. The zero-order chi connectivity index (χ0) is 59.8. The van der Waals surface area contributed by atoms with Crippen molar-refractivity contribution in [3.05, 3.63) is 12.2 Å². The molecule has 0 fully saturated rings. The van der Waals surface area contributed by atoms with E-state index >= 15 is 0 Å². The lowest BCUT2D eigenvalue weighted by atomic mass is 10.0. The van der Waals surface area contributed by atoms with Crippen LogP contribution >= 0.6 is 7.82 Å². The first-order valence-electron chi connectivity index (χ1n) is 36.4. The van der Waals surface area contributed by atoms with E-state index in [0.29, 0.717) is 17.4 Å². The van der Waals surface area contributed by atoms with Gasteiger partial charge in [0.1, 0.15) is 19.8 Å². The number of phosphoric ester groups is 1. The van der Waals surface area contributed by atoms with Gasteiger partial charge in [-0.15, -0.1) is 0 Å². The van der Waals surface area contributed by atoms with Crippen molar-refractivity contribution in [2.45, 2.75) is 392 Å². The lowest BCUT2D eigenvalue weighted by molar-refractivity contribution is -0.870. The number of phosphoric acid groups is 1. The molecule has 0 saturated heterocycles. The van der Waals surface area contributed by atoms with Gasteiger partial charge < -0.3 is 27.9 Å². The summed E-state index contributed by atoms with van der Waals surface area (Å²) in [5, 5.41) is 0. The quantitative estimate of drug-likeness (QED) is 0.0195. The van der Waals surface area contributed by atoms with Gasteiger partial charge in [-0.2, -0.15) is 0 Å². The fraction of sp³-hybridized carbons (Fsp3) is 0.944. The first-order valence-corrected chi connectivity index (χ1v) is 37.9. The number of hydrogen-bond donors (Lipinski definition) is 0. The number of esters is 2. The Morgan fingerprint density at radius 1 is 0.366 bits per heavy atom. The molecule has 0 aromatic carbocycles. The number of quaternary nitrogens is 1. The Morgan fingerprint density at radius 3 is 0.902 bits per heavy atom. The number of unbranched alkanes of at least 4 members (excludes halogenated alkanes) is 53. The molecule has 10 heteroatoms. The van der Waals surface area contributed by atoms with Crippen LogP contribution in [0.3, 0.4) is 0 Å². The molecule has 0 aliphatic heterocycles. The minimum absolute atomic E-state index is 0.0258. The van der Waals surface area contributed by atoms with Crippen molar-refractivity contribution >= 4 is 19.8 Å². The average Bonchev–Trinajstić information content (AvgIpc) is 3.46. The van der Waals surface area contributed by atoms with Gasteiger partial charge in [-0.05, 0) is 38.5 Å². The zero-order valence-corrected chi connectivity index (χ0v) is 56.6. The van der Waals surface area contributed by atoms with E-state index in [1.165, 1.54) is 321 Å². The van der Waals surface area contributed by atoms with E-state index in [9.17, 15) is 19.0 Å². The maximum atomic E-state index is 12.9. The molecule has 0 saturated carbocycles. The van der Waals surface area contributed by atoms with Gasteiger partial charge in [-0.25, -0.2) is 0 Å². The molecule has 488 valence electrons. The van der Waals surface area contributed by atoms with Crippen molar-refractivity contribution in [3.8, 4) is 0 Å². The summed E-state index contributed by atoms with van der Waals surface area (Å²) in [6.45, 7) is 4.33. The molecule has 0 radical (unpaired) electrons. The molecule has 82 heavy (non-hydrogen) atoms. The van der Waals surface area contributed by atoms with E-state index in [0.717, 1.165) is 32.1 Å². The molecule has 0 aromatic rings. The van der Waals surface area contributed by atoms with Crippen LogP contribution < -0.4 is 4.89 Å². The first-order chi connectivity index (χ1) is 40.0. The summed E-state index contributed by atoms with van der Waals surface area (Å²) >= 11 is 0.